The highest BCUT2D eigenvalue weighted by molar-refractivity contribution is 6.03. The molecule has 1 aromatic rings. The van der Waals surface area contributed by atoms with Crippen molar-refractivity contribution < 1.29 is 19.4 Å². The van der Waals surface area contributed by atoms with Crippen molar-refractivity contribution in [2.45, 2.75) is 18.6 Å². The van der Waals surface area contributed by atoms with Crippen LogP contribution >= 0.6 is 0 Å². The van der Waals surface area contributed by atoms with Crippen LogP contribution in [0.3, 0.4) is 0 Å². The number of aliphatic hydroxyl groups excluding tert-OH is 1. The van der Waals surface area contributed by atoms with E-state index in [1.807, 2.05) is 0 Å². The number of methoxy groups -OCH3 is 2. The lowest BCUT2D eigenvalue weighted by molar-refractivity contribution is 0.0727. The van der Waals surface area contributed by atoms with Gasteiger partial charge in [0.25, 0.3) is 5.91 Å². The van der Waals surface area contributed by atoms with Crippen molar-refractivity contribution in [3.63, 3.8) is 0 Å². The van der Waals surface area contributed by atoms with Gasteiger partial charge in [-0.3, -0.25) is 9.79 Å². The lowest BCUT2D eigenvalue weighted by Gasteiger charge is -2.21. The van der Waals surface area contributed by atoms with Crippen molar-refractivity contribution >= 4 is 17.8 Å². The number of carbonyl (C=O) groups excluding carboxylic acids is 1. The van der Waals surface area contributed by atoms with Gasteiger partial charge in [-0.1, -0.05) is 0 Å². The second-order valence-corrected chi connectivity index (χ2v) is 4.85. The van der Waals surface area contributed by atoms with Gasteiger partial charge in [0.2, 0.25) is 0 Å². The van der Waals surface area contributed by atoms with Crippen LogP contribution in [0.2, 0.25) is 0 Å². The number of amides is 1. The van der Waals surface area contributed by atoms with Crippen LogP contribution < -0.4 is 9.47 Å². The fraction of sp³-hybridized carbons (Fsp3) is 0.429. The Bertz CT molecular complexity index is 585. The first kappa shape index (κ1) is 12.9. The predicted molar refractivity (Wildman–Crippen MR) is 73.1 cm³/mol. The second-order valence-electron chi connectivity index (χ2n) is 4.85. The number of aliphatic imine (C=N–C) groups is 1. The van der Waals surface area contributed by atoms with Gasteiger partial charge in [-0.2, -0.15) is 0 Å². The van der Waals surface area contributed by atoms with Crippen molar-refractivity contribution in [1.82, 2.24) is 4.90 Å². The Balaban J connectivity index is 2.10. The molecule has 2 heterocycles. The number of nitrogens with zero attached hydrogens (tertiary/aromatic N) is 2. The van der Waals surface area contributed by atoms with Gasteiger partial charge in [-0.05, 0) is 12.5 Å². The molecule has 1 amide bonds. The SMILES string of the molecule is COc1cc2c(cc1OC)C(=O)N1CC[C@H](O)[C@H]1C=N2. The Hall–Kier alpha value is -2.08. The van der Waals surface area contributed by atoms with E-state index in [2.05, 4.69) is 4.99 Å². The zero-order valence-electron chi connectivity index (χ0n) is 11.4. The summed E-state index contributed by atoms with van der Waals surface area (Å²) in [7, 11) is 3.06. The minimum Gasteiger partial charge on any atom is -0.493 e. The smallest absolute Gasteiger partial charge is 0.256 e. The monoisotopic (exact) mass is 276 g/mol. The molecule has 2 aliphatic heterocycles. The average Bonchev–Trinajstić information content (AvgIpc) is 2.77. The van der Waals surface area contributed by atoms with E-state index in [4.69, 9.17) is 9.47 Å². The molecule has 0 radical (unpaired) electrons. The molecule has 6 heteroatoms. The van der Waals surface area contributed by atoms with Crippen LogP contribution in [-0.2, 0) is 0 Å². The number of rotatable bonds is 2. The summed E-state index contributed by atoms with van der Waals surface area (Å²) in [6, 6.07) is 2.96. The normalized spacial score (nSPS) is 24.1. The summed E-state index contributed by atoms with van der Waals surface area (Å²) >= 11 is 0. The molecule has 106 valence electrons. The Morgan fingerprint density at radius 1 is 1.30 bits per heavy atom. The van der Waals surface area contributed by atoms with E-state index in [0.29, 0.717) is 35.7 Å². The third-order valence-electron chi connectivity index (χ3n) is 3.78. The lowest BCUT2D eigenvalue weighted by atomic mass is 10.1. The summed E-state index contributed by atoms with van der Waals surface area (Å²) in [5.74, 6) is 0.881. The van der Waals surface area contributed by atoms with Gasteiger partial charge in [0, 0.05) is 18.8 Å². The molecule has 0 unspecified atom stereocenters. The fourth-order valence-electron chi connectivity index (χ4n) is 2.67. The van der Waals surface area contributed by atoms with Gasteiger partial charge >= 0.3 is 0 Å². The standard InChI is InChI=1S/C14H16N2O4/c1-19-12-5-8-9(6-13(12)20-2)15-7-10-11(17)3-4-16(10)14(8)18/h5-7,10-11,17H,3-4H2,1-2H3/t10-,11+/m1/s1. The van der Waals surface area contributed by atoms with E-state index in [-0.39, 0.29) is 11.9 Å². The molecule has 1 fully saturated rings. The van der Waals surface area contributed by atoms with Crippen molar-refractivity contribution in [2.75, 3.05) is 20.8 Å². The van der Waals surface area contributed by atoms with Gasteiger partial charge in [-0.15, -0.1) is 0 Å². The summed E-state index contributed by atoms with van der Waals surface area (Å²) in [5, 5.41) is 9.91. The van der Waals surface area contributed by atoms with E-state index in [1.165, 1.54) is 14.2 Å². The summed E-state index contributed by atoms with van der Waals surface area (Å²) in [4.78, 5) is 18.5. The minimum absolute atomic E-state index is 0.139. The molecular weight excluding hydrogens is 260 g/mol. The average molecular weight is 276 g/mol. The Labute approximate surface area is 116 Å². The number of ether oxygens (including phenoxy) is 2. The number of benzene rings is 1. The van der Waals surface area contributed by atoms with Gasteiger partial charge in [0.15, 0.2) is 11.5 Å². The number of fused-ring (bicyclic) bond motifs is 2. The summed E-state index contributed by atoms with van der Waals surface area (Å²) < 4.78 is 10.4. The number of carbonyl (C=O) groups is 1. The fourth-order valence-corrected chi connectivity index (χ4v) is 2.67. The third kappa shape index (κ3) is 1.84. The zero-order valence-corrected chi connectivity index (χ0v) is 11.4. The minimum atomic E-state index is -0.555. The van der Waals surface area contributed by atoms with Crippen molar-refractivity contribution in [3.05, 3.63) is 17.7 Å². The first-order valence-electron chi connectivity index (χ1n) is 6.45. The maximum atomic E-state index is 12.6. The Kier molecular flexibility index (Phi) is 3.10. The summed E-state index contributed by atoms with van der Waals surface area (Å²) in [6.45, 7) is 0.532. The number of hydrogen-bond acceptors (Lipinski definition) is 5. The molecule has 2 atom stereocenters. The van der Waals surface area contributed by atoms with Crippen molar-refractivity contribution in [1.29, 1.82) is 0 Å². The third-order valence-corrected chi connectivity index (χ3v) is 3.78. The molecule has 0 aliphatic carbocycles. The quantitative estimate of drug-likeness (QED) is 0.874. The van der Waals surface area contributed by atoms with Crippen LogP contribution in [0.4, 0.5) is 5.69 Å². The molecule has 6 nitrogen and oxygen atoms in total. The summed E-state index contributed by atoms with van der Waals surface area (Å²) in [6.07, 6.45) is 1.65. The maximum absolute atomic E-state index is 12.6. The van der Waals surface area contributed by atoms with Crippen LogP contribution in [0.5, 0.6) is 11.5 Å². The first-order chi connectivity index (χ1) is 9.65. The van der Waals surface area contributed by atoms with Crippen LogP contribution in [0.15, 0.2) is 17.1 Å². The van der Waals surface area contributed by atoms with Gasteiger partial charge in [0.05, 0.1) is 37.6 Å². The molecule has 2 aliphatic rings. The van der Waals surface area contributed by atoms with Crippen molar-refractivity contribution in [3.8, 4) is 11.5 Å². The van der Waals surface area contributed by atoms with E-state index in [1.54, 1.807) is 23.2 Å². The molecule has 0 spiro atoms. The number of hydrogen-bond donors (Lipinski definition) is 1. The zero-order chi connectivity index (χ0) is 14.3. The van der Waals surface area contributed by atoms with Crippen LogP contribution in [-0.4, -0.2) is 55.0 Å². The highest BCUT2D eigenvalue weighted by Crippen LogP contribution is 2.37. The molecule has 1 saturated heterocycles. The van der Waals surface area contributed by atoms with Crippen LogP contribution in [0.25, 0.3) is 0 Å². The Morgan fingerprint density at radius 3 is 2.70 bits per heavy atom. The van der Waals surface area contributed by atoms with E-state index in [0.717, 1.165) is 0 Å². The van der Waals surface area contributed by atoms with Crippen LogP contribution in [0.1, 0.15) is 16.8 Å². The number of aliphatic hydroxyl groups is 1. The highest BCUT2D eigenvalue weighted by atomic mass is 16.5. The topological polar surface area (TPSA) is 71.4 Å². The second kappa shape index (κ2) is 4.79. The molecule has 0 bridgehead atoms. The van der Waals surface area contributed by atoms with E-state index >= 15 is 0 Å². The van der Waals surface area contributed by atoms with E-state index < -0.39 is 6.10 Å². The Morgan fingerprint density at radius 2 is 2.00 bits per heavy atom. The van der Waals surface area contributed by atoms with Crippen LogP contribution in [0, 0.1) is 0 Å². The molecule has 3 rings (SSSR count). The van der Waals surface area contributed by atoms with Gasteiger partial charge in [0.1, 0.15) is 0 Å². The molecule has 1 N–H and O–H groups in total. The van der Waals surface area contributed by atoms with Crippen molar-refractivity contribution in [2.24, 2.45) is 4.99 Å². The highest BCUT2D eigenvalue weighted by Gasteiger charge is 2.38. The first-order valence-corrected chi connectivity index (χ1v) is 6.45. The predicted octanol–water partition coefficient (Wildman–Crippen LogP) is 0.995. The van der Waals surface area contributed by atoms with Gasteiger partial charge < -0.3 is 19.5 Å². The molecule has 0 aromatic heterocycles. The maximum Gasteiger partial charge on any atom is 0.256 e. The molecular formula is C14H16N2O4. The largest absolute Gasteiger partial charge is 0.493 e. The molecule has 1 aromatic carbocycles. The lowest BCUT2D eigenvalue weighted by Crippen LogP contribution is -2.39. The van der Waals surface area contributed by atoms with E-state index in [9.17, 15) is 9.90 Å². The van der Waals surface area contributed by atoms with Gasteiger partial charge in [-0.25, -0.2) is 0 Å². The molecule has 20 heavy (non-hydrogen) atoms. The summed E-state index contributed by atoms with van der Waals surface area (Å²) in [5.41, 5.74) is 1.00. The molecule has 0 saturated carbocycles.